The fourth-order valence-corrected chi connectivity index (χ4v) is 3.87. The molecule has 4 nitrogen and oxygen atoms in total. The summed E-state index contributed by atoms with van der Waals surface area (Å²) in [6, 6.07) is 6.19. The number of halogens is 1. The second-order valence-corrected chi connectivity index (χ2v) is 7.82. The number of hydrogen-bond donors (Lipinski definition) is 0. The van der Waals surface area contributed by atoms with E-state index >= 15 is 0 Å². The number of piperidine rings is 1. The Morgan fingerprint density at radius 1 is 1.21 bits per heavy atom. The molecule has 1 amide bonds. The molecule has 3 rings (SSSR count). The molecule has 1 aromatic carbocycles. The van der Waals surface area contributed by atoms with Crippen molar-refractivity contribution >= 4 is 25.6 Å². The Balaban J connectivity index is 1.81. The molecule has 2 aliphatic rings. The summed E-state index contributed by atoms with van der Waals surface area (Å²) in [6.07, 6.45) is 3.42. The van der Waals surface area contributed by atoms with Crippen molar-refractivity contribution in [3.05, 3.63) is 29.8 Å². The third-order valence-electron chi connectivity index (χ3n) is 4.05. The summed E-state index contributed by atoms with van der Waals surface area (Å²) >= 11 is 0. The number of likely N-dealkylation sites (tertiary alicyclic amines) is 1. The van der Waals surface area contributed by atoms with Crippen molar-refractivity contribution in [1.29, 1.82) is 0 Å². The summed E-state index contributed by atoms with van der Waals surface area (Å²) in [5.74, 6) is 0.641. The van der Waals surface area contributed by atoms with E-state index in [1.54, 1.807) is 0 Å². The van der Waals surface area contributed by atoms with Gasteiger partial charge in [-0.3, -0.25) is 4.79 Å². The van der Waals surface area contributed by atoms with Crippen LogP contribution in [0.4, 0.5) is 0 Å². The summed E-state index contributed by atoms with van der Waals surface area (Å²) in [4.78, 5) is 14.3. The van der Waals surface area contributed by atoms with E-state index < -0.39 is 9.05 Å². The van der Waals surface area contributed by atoms with E-state index in [9.17, 15) is 13.2 Å². The molecule has 1 aromatic rings. The van der Waals surface area contributed by atoms with Gasteiger partial charge in [0.2, 0.25) is 0 Å². The lowest BCUT2D eigenvalue weighted by atomic mass is 10.1. The van der Waals surface area contributed by atoms with E-state index in [1.165, 1.54) is 30.7 Å². The zero-order chi connectivity index (χ0) is 13.6. The highest BCUT2D eigenvalue weighted by molar-refractivity contribution is 8.13. The van der Waals surface area contributed by atoms with Gasteiger partial charge in [-0.05, 0) is 49.4 Å². The second kappa shape index (κ2) is 4.49. The van der Waals surface area contributed by atoms with Crippen LogP contribution in [0, 0.1) is 5.92 Å². The highest BCUT2D eigenvalue weighted by Gasteiger charge is 2.40. The molecule has 0 radical (unpaired) electrons. The van der Waals surface area contributed by atoms with Gasteiger partial charge in [0.25, 0.3) is 15.0 Å². The molecule has 102 valence electrons. The van der Waals surface area contributed by atoms with Gasteiger partial charge in [-0.15, -0.1) is 0 Å². The lowest BCUT2D eigenvalue weighted by Gasteiger charge is -2.27. The molecule has 0 N–H and O–H groups in total. The van der Waals surface area contributed by atoms with Crippen molar-refractivity contribution in [3.63, 3.8) is 0 Å². The first-order valence-electron chi connectivity index (χ1n) is 6.31. The highest BCUT2D eigenvalue weighted by Crippen LogP contribution is 2.38. The topological polar surface area (TPSA) is 54.5 Å². The SMILES string of the molecule is O=C(c1ccc(S(=O)(=O)Cl)cc1)N1CC2CCC1C2. The van der Waals surface area contributed by atoms with Crippen LogP contribution >= 0.6 is 10.7 Å². The summed E-state index contributed by atoms with van der Waals surface area (Å²) in [5.41, 5.74) is 0.525. The fourth-order valence-electron chi connectivity index (χ4n) is 3.10. The van der Waals surface area contributed by atoms with Gasteiger partial charge < -0.3 is 4.90 Å². The van der Waals surface area contributed by atoms with Gasteiger partial charge in [0.1, 0.15) is 0 Å². The van der Waals surface area contributed by atoms with Crippen LogP contribution in [0.3, 0.4) is 0 Å². The Labute approximate surface area is 116 Å². The molecule has 0 spiro atoms. The lowest BCUT2D eigenvalue weighted by molar-refractivity contribution is 0.0703. The maximum atomic E-state index is 12.3. The summed E-state index contributed by atoms with van der Waals surface area (Å²) in [5, 5.41) is 0. The van der Waals surface area contributed by atoms with E-state index in [0.717, 1.165) is 19.4 Å². The molecule has 19 heavy (non-hydrogen) atoms. The molecular formula is C13H14ClNO3S. The highest BCUT2D eigenvalue weighted by atomic mass is 35.7. The fraction of sp³-hybridized carbons (Fsp3) is 0.462. The van der Waals surface area contributed by atoms with Crippen molar-refractivity contribution in [2.24, 2.45) is 5.92 Å². The van der Waals surface area contributed by atoms with Crippen LogP contribution in [0.25, 0.3) is 0 Å². The molecule has 1 saturated carbocycles. The van der Waals surface area contributed by atoms with Gasteiger partial charge in [-0.1, -0.05) is 0 Å². The standard InChI is InChI=1S/C13H14ClNO3S/c14-19(17,18)12-5-2-10(3-6-12)13(16)15-8-9-1-4-11(15)7-9/h2-3,5-6,9,11H,1,4,7-8H2. The zero-order valence-corrected chi connectivity index (χ0v) is 11.8. The Hall–Kier alpha value is -1.07. The summed E-state index contributed by atoms with van der Waals surface area (Å²) in [7, 11) is 1.52. The van der Waals surface area contributed by atoms with Crippen molar-refractivity contribution in [3.8, 4) is 0 Å². The number of fused-ring (bicyclic) bond motifs is 2. The van der Waals surface area contributed by atoms with E-state index in [1.807, 2.05) is 4.90 Å². The van der Waals surface area contributed by atoms with Crippen molar-refractivity contribution in [1.82, 2.24) is 4.90 Å². The van der Waals surface area contributed by atoms with E-state index in [-0.39, 0.29) is 10.8 Å². The predicted octanol–water partition coefficient (Wildman–Crippen LogP) is 2.24. The molecule has 2 unspecified atom stereocenters. The quantitative estimate of drug-likeness (QED) is 0.787. The van der Waals surface area contributed by atoms with Crippen LogP contribution in [-0.2, 0) is 9.05 Å². The molecule has 6 heteroatoms. The monoisotopic (exact) mass is 299 g/mol. The number of hydrogen-bond acceptors (Lipinski definition) is 3. The smallest absolute Gasteiger partial charge is 0.261 e. The Bertz CT molecular complexity index is 611. The number of carbonyl (C=O) groups excluding carboxylic acids is 1. The third kappa shape index (κ3) is 2.37. The first-order chi connectivity index (χ1) is 8.95. The molecule has 1 aliphatic heterocycles. The zero-order valence-electron chi connectivity index (χ0n) is 10.3. The number of carbonyl (C=O) groups is 1. The number of benzene rings is 1. The summed E-state index contributed by atoms with van der Waals surface area (Å²) in [6.45, 7) is 0.832. The Morgan fingerprint density at radius 2 is 1.89 bits per heavy atom. The average Bonchev–Trinajstić information content (AvgIpc) is 2.99. The lowest BCUT2D eigenvalue weighted by Crippen LogP contribution is -2.37. The van der Waals surface area contributed by atoms with Crippen molar-refractivity contribution in [2.45, 2.75) is 30.2 Å². The van der Waals surface area contributed by atoms with Crippen molar-refractivity contribution < 1.29 is 13.2 Å². The molecule has 2 fully saturated rings. The maximum absolute atomic E-state index is 12.3. The van der Waals surface area contributed by atoms with Crippen LogP contribution in [0.2, 0.25) is 0 Å². The second-order valence-electron chi connectivity index (χ2n) is 5.25. The third-order valence-corrected chi connectivity index (χ3v) is 5.42. The Morgan fingerprint density at radius 3 is 2.37 bits per heavy atom. The minimum absolute atomic E-state index is 0.00859. The van der Waals surface area contributed by atoms with Gasteiger partial charge in [0.15, 0.2) is 0 Å². The molecule has 2 atom stereocenters. The molecule has 1 heterocycles. The van der Waals surface area contributed by atoms with E-state index in [0.29, 0.717) is 17.5 Å². The van der Waals surface area contributed by atoms with E-state index in [2.05, 4.69) is 0 Å². The van der Waals surface area contributed by atoms with Gasteiger partial charge >= 0.3 is 0 Å². The molecule has 0 aromatic heterocycles. The number of rotatable bonds is 2. The minimum atomic E-state index is -3.73. The van der Waals surface area contributed by atoms with Crippen LogP contribution in [0.5, 0.6) is 0 Å². The van der Waals surface area contributed by atoms with Gasteiger partial charge in [0, 0.05) is 28.8 Å². The van der Waals surface area contributed by atoms with Crippen LogP contribution in [-0.4, -0.2) is 31.8 Å². The van der Waals surface area contributed by atoms with Gasteiger partial charge in [-0.2, -0.15) is 0 Å². The van der Waals surface area contributed by atoms with Crippen molar-refractivity contribution in [2.75, 3.05) is 6.54 Å². The predicted molar refractivity (Wildman–Crippen MR) is 71.6 cm³/mol. The van der Waals surface area contributed by atoms with Crippen LogP contribution < -0.4 is 0 Å². The largest absolute Gasteiger partial charge is 0.335 e. The number of nitrogens with zero attached hydrogens (tertiary/aromatic N) is 1. The minimum Gasteiger partial charge on any atom is -0.335 e. The molecule has 1 aliphatic carbocycles. The molecular weight excluding hydrogens is 286 g/mol. The van der Waals surface area contributed by atoms with E-state index in [4.69, 9.17) is 10.7 Å². The van der Waals surface area contributed by atoms with Gasteiger partial charge in [0.05, 0.1) is 4.90 Å². The first kappa shape index (κ1) is 12.9. The Kier molecular flexibility index (Phi) is 3.06. The maximum Gasteiger partial charge on any atom is 0.261 e. The first-order valence-corrected chi connectivity index (χ1v) is 8.62. The molecule has 2 bridgehead atoms. The van der Waals surface area contributed by atoms with Crippen LogP contribution in [0.15, 0.2) is 29.2 Å². The van der Waals surface area contributed by atoms with Gasteiger partial charge in [-0.25, -0.2) is 8.42 Å². The summed E-state index contributed by atoms with van der Waals surface area (Å²) < 4.78 is 22.3. The molecule has 1 saturated heterocycles. The van der Waals surface area contributed by atoms with Crippen LogP contribution in [0.1, 0.15) is 29.6 Å². The normalized spacial score (nSPS) is 25.8. The average molecular weight is 300 g/mol. The number of amides is 1.